The number of likely N-dealkylation sites (tertiary alicyclic amines) is 1. The first-order chi connectivity index (χ1) is 9.08. The molecule has 1 aliphatic rings. The molecule has 5 heteroatoms. The molecule has 2 heterocycles. The lowest BCUT2D eigenvalue weighted by Crippen LogP contribution is -3.15. The average Bonchev–Trinajstić information content (AvgIpc) is 2.74. The van der Waals surface area contributed by atoms with E-state index in [1.54, 1.807) is 6.07 Å². The first-order valence-corrected chi connectivity index (χ1v) is 7.57. The monoisotopic (exact) mass is 278 g/mol. The minimum atomic E-state index is 0.00949. The number of nitriles is 1. The molecule has 0 bridgehead atoms. The zero-order valence-electron chi connectivity index (χ0n) is 11.4. The van der Waals surface area contributed by atoms with Gasteiger partial charge in [0.2, 0.25) is 0 Å². The fourth-order valence-corrected chi connectivity index (χ4v) is 3.71. The summed E-state index contributed by atoms with van der Waals surface area (Å²) in [6, 6.07) is 3.82. The second kappa shape index (κ2) is 6.18. The number of carbonyl (C=O) groups excluding carboxylic acids is 1. The Balaban J connectivity index is 1.89. The maximum atomic E-state index is 12.0. The SMILES string of the molecule is C[C@H]1C[C@H](C)C[NH+](CC(=O)Nc2sccc2C#N)C1. The van der Waals surface area contributed by atoms with Gasteiger partial charge < -0.3 is 10.2 Å². The predicted octanol–water partition coefficient (Wildman–Crippen LogP) is 1.12. The van der Waals surface area contributed by atoms with Gasteiger partial charge in [-0.05, 0) is 17.9 Å². The van der Waals surface area contributed by atoms with Crippen molar-refractivity contribution < 1.29 is 9.69 Å². The molecule has 1 aromatic heterocycles. The topological polar surface area (TPSA) is 57.3 Å². The normalized spacial score (nSPS) is 26.7. The van der Waals surface area contributed by atoms with Gasteiger partial charge in [0, 0.05) is 11.8 Å². The fourth-order valence-electron chi connectivity index (χ4n) is 2.96. The van der Waals surface area contributed by atoms with Crippen LogP contribution in [0.4, 0.5) is 5.00 Å². The minimum Gasteiger partial charge on any atom is -0.327 e. The maximum absolute atomic E-state index is 12.0. The van der Waals surface area contributed by atoms with E-state index < -0.39 is 0 Å². The van der Waals surface area contributed by atoms with E-state index in [2.05, 4.69) is 25.2 Å². The summed E-state index contributed by atoms with van der Waals surface area (Å²) in [5, 5.41) is 14.3. The predicted molar refractivity (Wildman–Crippen MR) is 76.2 cm³/mol. The van der Waals surface area contributed by atoms with Gasteiger partial charge >= 0.3 is 0 Å². The molecule has 1 amide bonds. The van der Waals surface area contributed by atoms with Crippen molar-refractivity contribution in [3.8, 4) is 6.07 Å². The molecule has 2 rings (SSSR count). The molecule has 1 aliphatic heterocycles. The number of anilines is 1. The molecule has 4 nitrogen and oxygen atoms in total. The Morgan fingerprint density at radius 3 is 2.84 bits per heavy atom. The van der Waals surface area contributed by atoms with Gasteiger partial charge in [-0.1, -0.05) is 13.8 Å². The van der Waals surface area contributed by atoms with Gasteiger partial charge in [0.1, 0.15) is 11.1 Å². The average molecular weight is 278 g/mol. The molecule has 2 N–H and O–H groups in total. The van der Waals surface area contributed by atoms with Crippen LogP contribution in [0.2, 0.25) is 0 Å². The zero-order chi connectivity index (χ0) is 13.8. The second-order valence-corrected chi connectivity index (χ2v) is 6.52. The van der Waals surface area contributed by atoms with E-state index in [-0.39, 0.29) is 5.91 Å². The summed E-state index contributed by atoms with van der Waals surface area (Å²) in [6.07, 6.45) is 1.26. The molecular formula is C14H20N3OS+. The van der Waals surface area contributed by atoms with Crippen molar-refractivity contribution in [2.45, 2.75) is 20.3 Å². The Kier molecular flexibility index (Phi) is 4.56. The van der Waals surface area contributed by atoms with Gasteiger partial charge in [-0.2, -0.15) is 5.26 Å². The van der Waals surface area contributed by atoms with Crippen molar-refractivity contribution >= 4 is 22.2 Å². The smallest absolute Gasteiger partial charge is 0.280 e. The van der Waals surface area contributed by atoms with E-state index in [1.807, 2.05) is 5.38 Å². The lowest BCUT2D eigenvalue weighted by molar-refractivity contribution is -0.904. The molecule has 1 aromatic rings. The lowest BCUT2D eigenvalue weighted by atomic mass is 9.92. The first-order valence-electron chi connectivity index (χ1n) is 6.69. The van der Waals surface area contributed by atoms with Crippen LogP contribution < -0.4 is 10.2 Å². The van der Waals surface area contributed by atoms with E-state index in [0.717, 1.165) is 13.1 Å². The number of quaternary nitrogens is 1. The van der Waals surface area contributed by atoms with Crippen molar-refractivity contribution in [3.63, 3.8) is 0 Å². The highest BCUT2D eigenvalue weighted by Crippen LogP contribution is 2.21. The number of hydrogen-bond donors (Lipinski definition) is 2. The number of rotatable bonds is 3. The number of amides is 1. The molecule has 1 fully saturated rings. The first kappa shape index (κ1) is 14.0. The minimum absolute atomic E-state index is 0.00949. The summed E-state index contributed by atoms with van der Waals surface area (Å²) in [5.41, 5.74) is 0.550. The van der Waals surface area contributed by atoms with E-state index in [0.29, 0.717) is 28.9 Å². The molecule has 2 atom stereocenters. The van der Waals surface area contributed by atoms with Crippen LogP contribution in [0, 0.1) is 23.2 Å². The standard InChI is InChI=1S/C14H19N3OS/c1-10-5-11(2)8-17(7-10)9-13(18)16-14-12(6-15)3-4-19-14/h3-4,10-11H,5,7-9H2,1-2H3,(H,16,18)/p+1/t10-,11-/m0/s1. The number of hydrogen-bond acceptors (Lipinski definition) is 3. The number of carbonyl (C=O) groups is 1. The van der Waals surface area contributed by atoms with E-state index in [4.69, 9.17) is 5.26 Å². The Morgan fingerprint density at radius 2 is 2.21 bits per heavy atom. The van der Waals surface area contributed by atoms with Crippen LogP contribution in [0.5, 0.6) is 0 Å². The highest BCUT2D eigenvalue weighted by atomic mass is 32.1. The molecule has 0 spiro atoms. The molecule has 102 valence electrons. The summed E-state index contributed by atoms with van der Waals surface area (Å²) >= 11 is 1.40. The van der Waals surface area contributed by atoms with Crippen molar-refractivity contribution in [2.75, 3.05) is 25.0 Å². The number of nitrogens with one attached hydrogen (secondary N) is 2. The summed E-state index contributed by atoms with van der Waals surface area (Å²) in [7, 11) is 0. The molecule has 0 unspecified atom stereocenters. The summed E-state index contributed by atoms with van der Waals surface area (Å²) < 4.78 is 0. The van der Waals surface area contributed by atoms with Gasteiger partial charge in [-0.15, -0.1) is 11.3 Å². The summed E-state index contributed by atoms with van der Waals surface area (Å²) in [4.78, 5) is 13.4. The summed E-state index contributed by atoms with van der Waals surface area (Å²) in [6.45, 7) is 7.12. The van der Waals surface area contributed by atoms with Gasteiger partial charge in [-0.3, -0.25) is 4.79 Å². The van der Waals surface area contributed by atoms with E-state index >= 15 is 0 Å². The third-order valence-electron chi connectivity index (χ3n) is 3.53. The van der Waals surface area contributed by atoms with Gasteiger partial charge in [0.15, 0.2) is 6.54 Å². The van der Waals surface area contributed by atoms with Gasteiger partial charge in [-0.25, -0.2) is 0 Å². The maximum Gasteiger partial charge on any atom is 0.280 e. The van der Waals surface area contributed by atoms with Crippen LogP contribution in [0.3, 0.4) is 0 Å². The molecule has 19 heavy (non-hydrogen) atoms. The van der Waals surface area contributed by atoms with Crippen molar-refractivity contribution in [3.05, 3.63) is 17.0 Å². The Hall–Kier alpha value is -1.38. The lowest BCUT2D eigenvalue weighted by Gasteiger charge is -2.31. The second-order valence-electron chi connectivity index (χ2n) is 5.60. The largest absolute Gasteiger partial charge is 0.327 e. The van der Waals surface area contributed by atoms with Gasteiger partial charge in [0.25, 0.3) is 5.91 Å². The van der Waals surface area contributed by atoms with Crippen LogP contribution in [0.15, 0.2) is 11.4 Å². The fraction of sp³-hybridized carbons (Fsp3) is 0.571. The number of nitrogens with zero attached hydrogens (tertiary/aromatic N) is 1. The number of thiophene rings is 1. The molecule has 0 radical (unpaired) electrons. The van der Waals surface area contributed by atoms with Crippen LogP contribution in [0.1, 0.15) is 25.8 Å². The van der Waals surface area contributed by atoms with Crippen molar-refractivity contribution in [1.82, 2.24) is 0 Å². The molecule has 0 saturated carbocycles. The molecular weight excluding hydrogens is 258 g/mol. The quantitative estimate of drug-likeness (QED) is 0.870. The van der Waals surface area contributed by atoms with Crippen molar-refractivity contribution in [2.24, 2.45) is 11.8 Å². The third kappa shape index (κ3) is 3.79. The van der Waals surface area contributed by atoms with E-state index in [9.17, 15) is 4.79 Å². The Labute approximate surface area is 118 Å². The molecule has 0 aromatic carbocycles. The van der Waals surface area contributed by atoms with Crippen LogP contribution in [-0.4, -0.2) is 25.5 Å². The number of piperidine rings is 1. The van der Waals surface area contributed by atoms with Crippen LogP contribution in [0.25, 0.3) is 0 Å². The van der Waals surface area contributed by atoms with Crippen molar-refractivity contribution in [1.29, 1.82) is 5.26 Å². The molecule has 1 saturated heterocycles. The van der Waals surface area contributed by atoms with Crippen LogP contribution >= 0.6 is 11.3 Å². The Bertz CT molecular complexity index is 481. The highest BCUT2D eigenvalue weighted by molar-refractivity contribution is 7.14. The van der Waals surface area contributed by atoms with E-state index in [1.165, 1.54) is 22.7 Å². The summed E-state index contributed by atoms with van der Waals surface area (Å²) in [5.74, 6) is 1.38. The van der Waals surface area contributed by atoms with Crippen LogP contribution in [-0.2, 0) is 4.79 Å². The Morgan fingerprint density at radius 1 is 1.53 bits per heavy atom. The zero-order valence-corrected chi connectivity index (χ0v) is 12.2. The van der Waals surface area contributed by atoms with Gasteiger partial charge in [0.05, 0.1) is 18.7 Å². The highest BCUT2D eigenvalue weighted by Gasteiger charge is 2.26. The third-order valence-corrected chi connectivity index (χ3v) is 4.36. The molecule has 0 aliphatic carbocycles.